The molecule has 1 aromatic carbocycles. The number of rotatable bonds is 3. The number of nitrogens with one attached hydrogen (secondary N) is 3. The minimum Gasteiger partial charge on any atom is -0.471 e. The first-order valence-corrected chi connectivity index (χ1v) is 22.5. The molecule has 2 aliphatic carbocycles. The van der Waals surface area contributed by atoms with Crippen molar-refractivity contribution in [1.82, 2.24) is 30.2 Å². The number of aromatic nitrogens is 2. The van der Waals surface area contributed by atoms with E-state index in [0.717, 1.165) is 63.3 Å². The summed E-state index contributed by atoms with van der Waals surface area (Å²) in [5, 5.41) is 5.80. The van der Waals surface area contributed by atoms with Crippen molar-refractivity contribution in [2.24, 2.45) is 11.8 Å². The summed E-state index contributed by atoms with van der Waals surface area (Å²) in [6.07, 6.45) is 13.5. The lowest BCUT2D eigenvalue weighted by molar-refractivity contribution is -0.142. The Labute approximate surface area is 335 Å². The lowest BCUT2D eigenvalue weighted by atomic mass is 9.85. The van der Waals surface area contributed by atoms with Crippen molar-refractivity contribution in [2.75, 3.05) is 6.54 Å². The number of ether oxygens (including phenoxy) is 2. The maximum Gasteiger partial charge on any atom is 0.408 e. The van der Waals surface area contributed by atoms with Crippen LogP contribution in [0.15, 0.2) is 36.4 Å². The van der Waals surface area contributed by atoms with Crippen molar-refractivity contribution in [2.45, 2.75) is 158 Å². The van der Waals surface area contributed by atoms with Crippen LogP contribution in [-0.4, -0.2) is 88.2 Å². The van der Waals surface area contributed by atoms with Gasteiger partial charge in [-0.1, -0.05) is 56.9 Å². The van der Waals surface area contributed by atoms with Crippen LogP contribution in [0.4, 0.5) is 4.79 Å². The normalized spacial score (nSPS) is 32.1. The third-order valence-electron chi connectivity index (χ3n) is 13.0. The van der Waals surface area contributed by atoms with E-state index in [1.165, 1.54) is 11.8 Å². The van der Waals surface area contributed by atoms with Crippen molar-refractivity contribution >= 4 is 44.9 Å². The summed E-state index contributed by atoms with van der Waals surface area (Å²) >= 11 is 0. The molecule has 7 rings (SSSR count). The Bertz CT molecular complexity index is 1990. The van der Waals surface area contributed by atoms with Gasteiger partial charge in [-0.25, -0.2) is 23.2 Å². The molecule has 2 saturated carbocycles. The molecule has 0 unspecified atom stereocenters. The Morgan fingerprint density at radius 1 is 0.912 bits per heavy atom. The van der Waals surface area contributed by atoms with Gasteiger partial charge >= 0.3 is 6.09 Å². The second-order valence-corrected chi connectivity index (χ2v) is 19.5. The van der Waals surface area contributed by atoms with Crippen molar-refractivity contribution in [3.63, 3.8) is 0 Å². The quantitative estimate of drug-likeness (QED) is 0.340. The lowest BCUT2D eigenvalue weighted by Crippen LogP contribution is -2.64. The highest BCUT2D eigenvalue weighted by molar-refractivity contribution is 7.91. The summed E-state index contributed by atoms with van der Waals surface area (Å²) in [7, 11) is -4.03. The van der Waals surface area contributed by atoms with Gasteiger partial charge in [0.25, 0.3) is 5.91 Å². The van der Waals surface area contributed by atoms with Gasteiger partial charge in [0.15, 0.2) is 0 Å². The molecule has 0 spiro atoms. The van der Waals surface area contributed by atoms with E-state index in [9.17, 15) is 27.6 Å². The summed E-state index contributed by atoms with van der Waals surface area (Å²) < 4.78 is 40.4. The van der Waals surface area contributed by atoms with Crippen LogP contribution < -0.4 is 20.1 Å². The van der Waals surface area contributed by atoms with Crippen LogP contribution in [0.25, 0.3) is 11.0 Å². The summed E-state index contributed by atoms with van der Waals surface area (Å²) in [6.45, 7) is 4.89. The van der Waals surface area contributed by atoms with E-state index in [4.69, 9.17) is 19.4 Å². The maximum absolute atomic E-state index is 14.7. The number of fused-ring (bicyclic) bond motifs is 5. The van der Waals surface area contributed by atoms with Gasteiger partial charge in [-0.3, -0.25) is 19.1 Å². The molecule has 3 aliphatic heterocycles. The number of hydrogen-bond acceptors (Lipinski definition) is 10. The Kier molecular flexibility index (Phi) is 12.1. The number of hydrogen-bond donors (Lipinski definition) is 3. The molecule has 310 valence electrons. The van der Waals surface area contributed by atoms with Crippen LogP contribution in [0.5, 0.6) is 5.88 Å². The molecule has 3 N–H and O–H groups in total. The number of carbonyl (C=O) groups is 4. The Balaban J connectivity index is 1.24. The van der Waals surface area contributed by atoms with E-state index in [-0.39, 0.29) is 25.0 Å². The predicted octanol–water partition coefficient (Wildman–Crippen LogP) is 5.39. The zero-order valence-electron chi connectivity index (χ0n) is 33.5. The highest BCUT2D eigenvalue weighted by Crippen LogP contribution is 2.42. The fraction of sp³-hybridized carbons (Fsp3) is 0.667. The van der Waals surface area contributed by atoms with Gasteiger partial charge in [0.05, 0.1) is 22.3 Å². The standard InChI is InChI=1S/C42H58N6O8S/c1-27-15-8-5-4-6-10-21-33-38(50)48-26-29(25-34(48)36(49)46-42(27,3)39(51)47-57(53,54)41(2)23-24-41)55-37-32(43-30-18-12-13-19-31(30)44-37)20-11-7-9-16-28-17-14-22-35(28)56-40(52)45-33/h8,12-13,15,18-19,27-29,33-35H,4-7,9-11,14,16-17,20-26H2,1-3H3,(H,45,52)(H,46,49)(H,47,51)/b15-8-/t27-,28+,29+,33-,34-,35+,42+/m0/s1. The van der Waals surface area contributed by atoms with E-state index in [0.29, 0.717) is 55.6 Å². The second kappa shape index (κ2) is 16.9. The van der Waals surface area contributed by atoms with Gasteiger partial charge < -0.3 is 25.0 Å². The van der Waals surface area contributed by atoms with Gasteiger partial charge in [0.1, 0.15) is 35.5 Å². The molecular weight excluding hydrogens is 749 g/mol. The molecule has 1 aromatic heterocycles. The lowest BCUT2D eigenvalue weighted by Gasteiger charge is -2.36. The fourth-order valence-electron chi connectivity index (χ4n) is 8.74. The van der Waals surface area contributed by atoms with Crippen molar-refractivity contribution < 1.29 is 37.1 Å². The monoisotopic (exact) mass is 806 g/mol. The Morgan fingerprint density at radius 2 is 1.63 bits per heavy atom. The van der Waals surface area contributed by atoms with Crippen LogP contribution in [0, 0.1) is 11.8 Å². The number of benzene rings is 1. The largest absolute Gasteiger partial charge is 0.471 e. The van der Waals surface area contributed by atoms with E-state index in [1.54, 1.807) is 13.8 Å². The van der Waals surface area contributed by atoms with Gasteiger partial charge in [-0.2, -0.15) is 0 Å². The molecule has 14 nitrogen and oxygen atoms in total. The number of amides is 4. The van der Waals surface area contributed by atoms with E-state index in [2.05, 4.69) is 15.4 Å². The van der Waals surface area contributed by atoms with Gasteiger partial charge in [0.2, 0.25) is 27.7 Å². The number of aryl methyl sites for hydroxylation is 1. The molecule has 4 heterocycles. The Hall–Kier alpha value is -4.27. The summed E-state index contributed by atoms with van der Waals surface area (Å²) in [5.74, 6) is -1.96. The van der Waals surface area contributed by atoms with Gasteiger partial charge in [0, 0.05) is 12.3 Å². The third kappa shape index (κ3) is 9.08. The minimum absolute atomic E-state index is 0.00783. The molecular formula is C42H58N6O8S. The topological polar surface area (TPSA) is 186 Å². The van der Waals surface area contributed by atoms with Crippen LogP contribution >= 0.6 is 0 Å². The summed E-state index contributed by atoms with van der Waals surface area (Å²) in [4.78, 5) is 68.3. The van der Waals surface area contributed by atoms with Crippen LogP contribution in [0.2, 0.25) is 0 Å². The van der Waals surface area contributed by atoms with Crippen molar-refractivity contribution in [1.29, 1.82) is 0 Å². The molecule has 5 aliphatic rings. The minimum atomic E-state index is -4.03. The summed E-state index contributed by atoms with van der Waals surface area (Å²) in [5.41, 5.74) is 0.410. The average molecular weight is 807 g/mol. The first-order valence-electron chi connectivity index (χ1n) is 21.0. The smallest absolute Gasteiger partial charge is 0.408 e. The van der Waals surface area contributed by atoms with E-state index >= 15 is 0 Å². The molecule has 1 saturated heterocycles. The molecule has 4 amide bonds. The van der Waals surface area contributed by atoms with Crippen molar-refractivity contribution in [3.05, 3.63) is 42.1 Å². The number of nitrogens with zero attached hydrogens (tertiary/aromatic N) is 3. The SMILES string of the molecule is C[C@H]1/C=C\CCCCC[C@@H]2NC(=O)O[C@@H]3CCC[C@H]3CCCCCc3nc4ccccc4nc3O[C@@H]3C[C@@H](C(=O)N[C@@]1(C)C(=O)NS(=O)(=O)C1(C)CC1)N(C3)C2=O. The first-order chi connectivity index (χ1) is 27.3. The van der Waals surface area contributed by atoms with E-state index in [1.807, 2.05) is 36.4 Å². The molecule has 7 atom stereocenters. The molecule has 3 bridgehead atoms. The molecule has 3 fully saturated rings. The number of allylic oxidation sites excluding steroid dienone is 1. The first kappa shape index (κ1) is 40.9. The number of sulfonamides is 1. The molecule has 2 aromatic rings. The van der Waals surface area contributed by atoms with Crippen LogP contribution in [0.3, 0.4) is 0 Å². The number of carbonyl (C=O) groups excluding carboxylic acids is 4. The number of para-hydroxylation sites is 2. The van der Waals surface area contributed by atoms with Crippen molar-refractivity contribution in [3.8, 4) is 5.88 Å². The fourth-order valence-corrected chi connectivity index (χ4v) is 10.1. The zero-order chi connectivity index (χ0) is 40.4. The third-order valence-corrected chi connectivity index (χ3v) is 15.2. The highest BCUT2D eigenvalue weighted by Gasteiger charge is 2.53. The van der Waals surface area contributed by atoms with Crippen LogP contribution in [-0.2, 0) is 35.6 Å². The highest BCUT2D eigenvalue weighted by atomic mass is 32.2. The zero-order valence-corrected chi connectivity index (χ0v) is 34.3. The Morgan fingerprint density at radius 3 is 2.40 bits per heavy atom. The second-order valence-electron chi connectivity index (χ2n) is 17.3. The van der Waals surface area contributed by atoms with Crippen LogP contribution in [0.1, 0.15) is 123 Å². The maximum atomic E-state index is 14.7. The molecule has 57 heavy (non-hydrogen) atoms. The number of alkyl carbamates (subject to hydrolysis) is 1. The predicted molar refractivity (Wildman–Crippen MR) is 213 cm³/mol. The van der Waals surface area contributed by atoms with E-state index < -0.39 is 68.2 Å². The molecule has 15 heteroatoms. The summed E-state index contributed by atoms with van der Waals surface area (Å²) in [6, 6.07) is 5.49. The average Bonchev–Trinajstić information content (AvgIpc) is 3.58. The van der Waals surface area contributed by atoms with Gasteiger partial charge in [-0.05, 0) is 103 Å². The van der Waals surface area contributed by atoms with Gasteiger partial charge in [-0.15, -0.1) is 0 Å². The molecule has 0 radical (unpaired) electrons.